The monoisotopic (exact) mass is 449 g/mol. The van der Waals surface area contributed by atoms with E-state index in [1.165, 1.54) is 18.2 Å². The Bertz CT molecular complexity index is 1210. The van der Waals surface area contributed by atoms with Crippen molar-refractivity contribution in [1.82, 2.24) is 15.0 Å². The van der Waals surface area contributed by atoms with Crippen LogP contribution >= 0.6 is 11.6 Å². The molecule has 1 heterocycles. The largest absolute Gasteiger partial charge is 0.339 e. The summed E-state index contributed by atoms with van der Waals surface area (Å²) >= 11 is 6.04. The minimum absolute atomic E-state index is 0.234. The van der Waals surface area contributed by atoms with Crippen molar-refractivity contribution in [2.24, 2.45) is 0 Å². The molecular formula is C25H21ClFN3O2. The molecule has 1 unspecified atom stereocenters. The molecule has 1 amide bonds. The number of hydrogen-bond donors (Lipinski definition) is 0. The molecule has 0 saturated carbocycles. The number of carbonyl (C=O) groups is 1. The van der Waals surface area contributed by atoms with Crippen LogP contribution in [-0.4, -0.2) is 27.5 Å². The number of halogens is 2. The van der Waals surface area contributed by atoms with Crippen LogP contribution in [0.2, 0.25) is 5.02 Å². The molecular weight excluding hydrogens is 429 g/mol. The van der Waals surface area contributed by atoms with Crippen LogP contribution in [0.1, 0.15) is 34.8 Å². The standard InChI is InChI=1S/C25H21ClFN3O2/c1-17(18-7-3-2-4-8-18)30(25(31)20-10-6-12-22(27)16-20)14-13-23-28-24(29-32-23)19-9-5-11-21(26)15-19/h2-12,15-17H,13-14H2,1H3. The molecule has 0 aliphatic rings. The Balaban J connectivity index is 1.56. The number of nitrogens with zero attached hydrogens (tertiary/aromatic N) is 3. The Hall–Kier alpha value is -3.51. The maximum absolute atomic E-state index is 13.7. The molecule has 4 aromatic rings. The average Bonchev–Trinajstić information content (AvgIpc) is 3.28. The molecule has 0 radical (unpaired) electrons. The minimum Gasteiger partial charge on any atom is -0.339 e. The molecule has 4 rings (SSSR count). The van der Waals surface area contributed by atoms with Gasteiger partial charge in [0.05, 0.1) is 6.04 Å². The van der Waals surface area contributed by atoms with Gasteiger partial charge in [-0.2, -0.15) is 4.98 Å². The first-order valence-corrected chi connectivity index (χ1v) is 10.6. The topological polar surface area (TPSA) is 59.2 Å². The van der Waals surface area contributed by atoms with E-state index in [4.69, 9.17) is 16.1 Å². The average molecular weight is 450 g/mol. The smallest absolute Gasteiger partial charge is 0.254 e. The minimum atomic E-state index is -0.453. The third kappa shape index (κ3) is 5.03. The number of hydrogen-bond acceptors (Lipinski definition) is 4. The van der Waals surface area contributed by atoms with Gasteiger partial charge in [0.15, 0.2) is 0 Å². The second kappa shape index (κ2) is 9.75. The Morgan fingerprint density at radius 3 is 2.59 bits per heavy atom. The predicted octanol–water partition coefficient (Wildman–Crippen LogP) is 5.98. The van der Waals surface area contributed by atoms with Crippen LogP contribution < -0.4 is 0 Å². The number of aromatic nitrogens is 2. The van der Waals surface area contributed by atoms with E-state index in [1.807, 2.05) is 49.4 Å². The third-order valence-electron chi connectivity index (χ3n) is 5.20. The predicted molar refractivity (Wildman–Crippen MR) is 121 cm³/mol. The molecule has 0 spiro atoms. The summed E-state index contributed by atoms with van der Waals surface area (Å²) in [5.41, 5.74) is 2.01. The zero-order chi connectivity index (χ0) is 22.5. The summed E-state index contributed by atoms with van der Waals surface area (Å²) in [6.45, 7) is 2.26. The van der Waals surface area contributed by atoms with Crippen LogP contribution in [0.4, 0.5) is 4.39 Å². The van der Waals surface area contributed by atoms with Gasteiger partial charge in [0, 0.05) is 29.1 Å². The molecule has 7 heteroatoms. The summed E-state index contributed by atoms with van der Waals surface area (Å²) in [5, 5.41) is 4.61. The quantitative estimate of drug-likeness (QED) is 0.348. The van der Waals surface area contributed by atoms with Crippen molar-refractivity contribution < 1.29 is 13.7 Å². The summed E-state index contributed by atoms with van der Waals surface area (Å²) in [4.78, 5) is 19.4. The van der Waals surface area contributed by atoms with E-state index in [-0.39, 0.29) is 17.5 Å². The molecule has 1 atom stereocenters. The van der Waals surface area contributed by atoms with Crippen molar-refractivity contribution in [1.29, 1.82) is 0 Å². The molecule has 1 aromatic heterocycles. The van der Waals surface area contributed by atoms with E-state index in [9.17, 15) is 9.18 Å². The summed E-state index contributed by atoms with van der Waals surface area (Å²) in [5.74, 6) is 0.112. The van der Waals surface area contributed by atoms with Gasteiger partial charge in [0.25, 0.3) is 5.91 Å². The van der Waals surface area contributed by atoms with E-state index < -0.39 is 5.82 Å². The van der Waals surface area contributed by atoms with E-state index in [0.29, 0.717) is 29.7 Å². The second-order valence-electron chi connectivity index (χ2n) is 7.37. The van der Waals surface area contributed by atoms with Crippen molar-refractivity contribution in [3.05, 3.63) is 107 Å². The Labute approximate surface area is 190 Å². The molecule has 0 fully saturated rings. The molecule has 0 N–H and O–H groups in total. The lowest BCUT2D eigenvalue weighted by atomic mass is 10.0. The van der Waals surface area contributed by atoms with E-state index in [0.717, 1.165) is 11.1 Å². The summed E-state index contributed by atoms with van der Waals surface area (Å²) in [6, 6.07) is 22.3. The highest BCUT2D eigenvalue weighted by Gasteiger charge is 2.24. The highest BCUT2D eigenvalue weighted by molar-refractivity contribution is 6.30. The number of amides is 1. The maximum Gasteiger partial charge on any atom is 0.254 e. The van der Waals surface area contributed by atoms with Gasteiger partial charge in [-0.15, -0.1) is 0 Å². The zero-order valence-corrected chi connectivity index (χ0v) is 18.2. The fraction of sp³-hybridized carbons (Fsp3) is 0.160. The van der Waals surface area contributed by atoms with Gasteiger partial charge in [0.1, 0.15) is 5.82 Å². The summed E-state index contributed by atoms with van der Waals surface area (Å²) in [6.07, 6.45) is 0.353. The Morgan fingerprint density at radius 2 is 1.84 bits per heavy atom. The Kier molecular flexibility index (Phi) is 6.61. The van der Waals surface area contributed by atoms with Crippen LogP contribution in [-0.2, 0) is 6.42 Å². The first-order chi connectivity index (χ1) is 15.5. The van der Waals surface area contributed by atoms with E-state index >= 15 is 0 Å². The van der Waals surface area contributed by atoms with Gasteiger partial charge in [-0.25, -0.2) is 4.39 Å². The molecule has 162 valence electrons. The molecule has 0 aliphatic heterocycles. The number of carbonyl (C=O) groups excluding carboxylic acids is 1. The van der Waals surface area contributed by atoms with Crippen LogP contribution in [0.15, 0.2) is 83.4 Å². The molecule has 0 aliphatic carbocycles. The zero-order valence-electron chi connectivity index (χ0n) is 17.4. The third-order valence-corrected chi connectivity index (χ3v) is 5.43. The van der Waals surface area contributed by atoms with E-state index in [1.54, 1.807) is 23.1 Å². The van der Waals surface area contributed by atoms with Crippen molar-refractivity contribution in [3.63, 3.8) is 0 Å². The van der Waals surface area contributed by atoms with Crippen LogP contribution in [0, 0.1) is 5.82 Å². The lowest BCUT2D eigenvalue weighted by Crippen LogP contribution is -2.35. The van der Waals surface area contributed by atoms with Gasteiger partial charge in [0.2, 0.25) is 11.7 Å². The van der Waals surface area contributed by atoms with Gasteiger partial charge in [-0.3, -0.25) is 4.79 Å². The lowest BCUT2D eigenvalue weighted by molar-refractivity contribution is 0.0688. The van der Waals surface area contributed by atoms with Gasteiger partial charge in [-0.05, 0) is 42.8 Å². The van der Waals surface area contributed by atoms with Crippen LogP contribution in [0.5, 0.6) is 0 Å². The van der Waals surface area contributed by atoms with Crippen LogP contribution in [0.25, 0.3) is 11.4 Å². The highest BCUT2D eigenvalue weighted by Crippen LogP contribution is 2.24. The van der Waals surface area contributed by atoms with Gasteiger partial charge >= 0.3 is 0 Å². The van der Waals surface area contributed by atoms with Crippen molar-refractivity contribution >= 4 is 17.5 Å². The first-order valence-electron chi connectivity index (χ1n) is 10.2. The fourth-order valence-electron chi connectivity index (χ4n) is 3.49. The van der Waals surface area contributed by atoms with Crippen LogP contribution in [0.3, 0.4) is 0 Å². The molecule has 3 aromatic carbocycles. The molecule has 0 bridgehead atoms. The van der Waals surface area contributed by atoms with Crippen molar-refractivity contribution in [2.45, 2.75) is 19.4 Å². The van der Waals surface area contributed by atoms with Crippen molar-refractivity contribution in [3.8, 4) is 11.4 Å². The second-order valence-corrected chi connectivity index (χ2v) is 7.80. The summed E-state index contributed by atoms with van der Waals surface area (Å²) < 4.78 is 19.1. The SMILES string of the molecule is CC(c1ccccc1)N(CCc1nc(-c2cccc(Cl)c2)no1)C(=O)c1cccc(F)c1. The molecule has 32 heavy (non-hydrogen) atoms. The van der Waals surface area contributed by atoms with Gasteiger partial charge in [-0.1, -0.05) is 65.3 Å². The number of benzene rings is 3. The molecule has 5 nitrogen and oxygen atoms in total. The van der Waals surface area contributed by atoms with Gasteiger partial charge < -0.3 is 9.42 Å². The summed E-state index contributed by atoms with van der Waals surface area (Å²) in [7, 11) is 0. The highest BCUT2D eigenvalue weighted by atomic mass is 35.5. The molecule has 0 saturated heterocycles. The maximum atomic E-state index is 13.7. The van der Waals surface area contributed by atoms with E-state index in [2.05, 4.69) is 10.1 Å². The first kappa shape index (κ1) is 21.7. The lowest BCUT2D eigenvalue weighted by Gasteiger charge is -2.29. The fourth-order valence-corrected chi connectivity index (χ4v) is 3.68. The Morgan fingerprint density at radius 1 is 1.06 bits per heavy atom. The number of rotatable bonds is 7. The van der Waals surface area contributed by atoms with Crippen molar-refractivity contribution in [2.75, 3.05) is 6.54 Å². The normalized spacial score (nSPS) is 11.8.